The van der Waals surface area contributed by atoms with Crippen LogP contribution in [0.4, 0.5) is 0 Å². The van der Waals surface area contributed by atoms with Crippen molar-refractivity contribution in [1.29, 1.82) is 0 Å². The molecule has 8 heteroatoms. The Morgan fingerprint density at radius 2 is 2.14 bits per heavy atom. The molecule has 0 spiro atoms. The van der Waals surface area contributed by atoms with Crippen molar-refractivity contribution in [3.05, 3.63) is 42.2 Å². The van der Waals surface area contributed by atoms with Gasteiger partial charge in [-0.3, -0.25) is 9.36 Å². The molecule has 3 rings (SSSR count). The van der Waals surface area contributed by atoms with Crippen LogP contribution in [0.2, 0.25) is 0 Å². The van der Waals surface area contributed by atoms with Gasteiger partial charge in [0.1, 0.15) is 0 Å². The van der Waals surface area contributed by atoms with Gasteiger partial charge in [-0.1, -0.05) is 43.3 Å². The van der Waals surface area contributed by atoms with Crippen molar-refractivity contribution >= 4 is 27.5 Å². The zero-order valence-electron chi connectivity index (χ0n) is 16.4. The van der Waals surface area contributed by atoms with E-state index in [0.29, 0.717) is 13.0 Å². The maximum absolute atomic E-state index is 12.9. The molecule has 0 N–H and O–H groups in total. The van der Waals surface area contributed by atoms with Crippen LogP contribution in [0.25, 0.3) is 5.69 Å². The minimum absolute atomic E-state index is 0.0140. The number of thioether (sulfide) groups is 1. The first-order valence-corrected chi connectivity index (χ1v) is 12.4. The molecular weight excluding hydrogens is 394 g/mol. The minimum Gasteiger partial charge on any atom is -0.338 e. The highest BCUT2D eigenvalue weighted by atomic mass is 32.2. The number of aromatic nitrogens is 2. The van der Waals surface area contributed by atoms with Crippen molar-refractivity contribution in [1.82, 2.24) is 14.5 Å². The normalized spacial score (nSPS) is 18.3. The van der Waals surface area contributed by atoms with Gasteiger partial charge in [0.15, 0.2) is 15.0 Å². The van der Waals surface area contributed by atoms with E-state index < -0.39 is 9.84 Å². The van der Waals surface area contributed by atoms with Gasteiger partial charge >= 0.3 is 0 Å². The van der Waals surface area contributed by atoms with Crippen molar-refractivity contribution in [3.63, 3.8) is 0 Å². The monoisotopic (exact) mass is 421 g/mol. The third-order valence-corrected chi connectivity index (χ3v) is 7.73. The van der Waals surface area contributed by atoms with Crippen LogP contribution in [0, 0.1) is 6.92 Å². The van der Waals surface area contributed by atoms with Crippen LogP contribution in [0.5, 0.6) is 0 Å². The average molecular weight is 422 g/mol. The molecule has 2 heterocycles. The number of hydrogen-bond acceptors (Lipinski definition) is 5. The number of carbonyl (C=O) groups excluding carboxylic acids is 1. The molecule has 1 atom stereocenters. The molecule has 0 bridgehead atoms. The van der Waals surface area contributed by atoms with E-state index in [4.69, 9.17) is 0 Å². The summed E-state index contributed by atoms with van der Waals surface area (Å²) < 4.78 is 25.7. The Bertz CT molecular complexity index is 924. The Kier molecular flexibility index (Phi) is 6.82. The van der Waals surface area contributed by atoms with E-state index in [9.17, 15) is 13.2 Å². The average Bonchev–Trinajstić information content (AvgIpc) is 3.27. The molecule has 6 nitrogen and oxygen atoms in total. The van der Waals surface area contributed by atoms with Crippen molar-refractivity contribution in [2.24, 2.45) is 0 Å². The summed E-state index contributed by atoms with van der Waals surface area (Å²) >= 11 is 1.40. The summed E-state index contributed by atoms with van der Waals surface area (Å²) in [5, 5.41) is 0.761. The second kappa shape index (κ2) is 9.13. The molecule has 1 saturated heterocycles. The number of aryl methyl sites for hydroxylation is 1. The molecule has 1 fully saturated rings. The number of rotatable bonds is 8. The summed E-state index contributed by atoms with van der Waals surface area (Å²) in [4.78, 5) is 19.1. The molecule has 1 unspecified atom stereocenters. The number of para-hydroxylation sites is 1. The molecule has 1 amide bonds. The van der Waals surface area contributed by atoms with Gasteiger partial charge in [-0.15, -0.1) is 0 Å². The molecule has 1 aliphatic rings. The number of sulfone groups is 1. The van der Waals surface area contributed by atoms with Gasteiger partial charge in [0.2, 0.25) is 5.91 Å². The number of nitrogens with zero attached hydrogens (tertiary/aromatic N) is 3. The number of benzene rings is 1. The fraction of sp³-hybridized carbons (Fsp3) is 0.500. The van der Waals surface area contributed by atoms with Crippen LogP contribution in [0.1, 0.15) is 31.7 Å². The summed E-state index contributed by atoms with van der Waals surface area (Å²) in [5.74, 6) is 0.506. The minimum atomic E-state index is -3.02. The van der Waals surface area contributed by atoms with Gasteiger partial charge in [0.25, 0.3) is 0 Å². The van der Waals surface area contributed by atoms with E-state index in [1.807, 2.05) is 42.0 Å². The summed E-state index contributed by atoms with van der Waals surface area (Å²) in [6, 6.07) is 7.85. The van der Waals surface area contributed by atoms with E-state index in [1.165, 1.54) is 11.8 Å². The lowest BCUT2D eigenvalue weighted by atomic mass is 10.2. The van der Waals surface area contributed by atoms with E-state index in [2.05, 4.69) is 11.9 Å². The van der Waals surface area contributed by atoms with Crippen molar-refractivity contribution < 1.29 is 13.2 Å². The standard InChI is InChI=1S/C20H27N3O3S2/c1-3-4-11-22(17-9-13-28(25,26)15-17)19(24)14-27-20-21-10-12-23(20)18-8-6-5-7-16(18)2/h5-8,10,12,17H,3-4,9,11,13-15H2,1-2H3. The van der Waals surface area contributed by atoms with E-state index in [0.717, 1.165) is 29.2 Å². The van der Waals surface area contributed by atoms with E-state index in [-0.39, 0.29) is 29.2 Å². The summed E-state index contributed by atoms with van der Waals surface area (Å²) in [5.41, 5.74) is 2.18. The number of hydrogen-bond donors (Lipinski definition) is 0. The van der Waals surface area contributed by atoms with Gasteiger partial charge in [-0.2, -0.15) is 0 Å². The quantitative estimate of drug-likeness (QED) is 0.613. The van der Waals surface area contributed by atoms with Gasteiger partial charge in [-0.05, 0) is 31.4 Å². The Hall–Kier alpha value is -1.80. The maximum Gasteiger partial charge on any atom is 0.233 e. The third-order valence-electron chi connectivity index (χ3n) is 5.03. The van der Waals surface area contributed by atoms with Crippen LogP contribution in [-0.2, 0) is 14.6 Å². The van der Waals surface area contributed by atoms with Crippen LogP contribution >= 0.6 is 11.8 Å². The molecule has 1 aliphatic heterocycles. The number of imidazole rings is 1. The van der Waals surface area contributed by atoms with Gasteiger partial charge in [0.05, 0.1) is 22.9 Å². The van der Waals surface area contributed by atoms with Crippen molar-refractivity contribution in [3.8, 4) is 5.69 Å². The lowest BCUT2D eigenvalue weighted by Crippen LogP contribution is -2.42. The van der Waals surface area contributed by atoms with Gasteiger partial charge in [-0.25, -0.2) is 13.4 Å². The van der Waals surface area contributed by atoms with Crippen LogP contribution in [-0.4, -0.2) is 58.6 Å². The van der Waals surface area contributed by atoms with Crippen LogP contribution in [0.15, 0.2) is 41.8 Å². The van der Waals surface area contributed by atoms with Crippen molar-refractivity contribution in [2.45, 2.75) is 44.3 Å². The molecule has 1 aromatic heterocycles. The van der Waals surface area contributed by atoms with Crippen molar-refractivity contribution in [2.75, 3.05) is 23.8 Å². The maximum atomic E-state index is 12.9. The molecular formula is C20H27N3O3S2. The van der Waals surface area contributed by atoms with Gasteiger partial charge < -0.3 is 4.90 Å². The molecule has 1 aromatic carbocycles. The largest absolute Gasteiger partial charge is 0.338 e. The molecule has 2 aromatic rings. The molecule has 0 saturated carbocycles. The lowest BCUT2D eigenvalue weighted by Gasteiger charge is -2.28. The fourth-order valence-electron chi connectivity index (χ4n) is 3.48. The second-order valence-corrected chi connectivity index (χ2v) is 10.3. The summed E-state index contributed by atoms with van der Waals surface area (Å²) in [7, 11) is -3.02. The Balaban J connectivity index is 1.70. The first-order valence-electron chi connectivity index (χ1n) is 9.63. The highest BCUT2D eigenvalue weighted by Crippen LogP contribution is 2.24. The van der Waals surface area contributed by atoms with E-state index >= 15 is 0 Å². The second-order valence-electron chi connectivity index (χ2n) is 7.15. The molecule has 28 heavy (non-hydrogen) atoms. The predicted octanol–water partition coefficient (Wildman–Crippen LogP) is 3.09. The Morgan fingerprint density at radius 3 is 2.82 bits per heavy atom. The fourth-order valence-corrected chi connectivity index (χ4v) is 6.07. The zero-order valence-corrected chi connectivity index (χ0v) is 18.0. The molecule has 152 valence electrons. The van der Waals surface area contributed by atoms with E-state index in [1.54, 1.807) is 11.1 Å². The topological polar surface area (TPSA) is 72.3 Å². The lowest BCUT2D eigenvalue weighted by molar-refractivity contribution is -0.130. The molecule has 0 radical (unpaired) electrons. The number of amides is 1. The highest BCUT2D eigenvalue weighted by molar-refractivity contribution is 7.99. The first-order chi connectivity index (χ1) is 13.4. The van der Waals surface area contributed by atoms with Crippen LogP contribution < -0.4 is 0 Å². The number of unbranched alkanes of at least 4 members (excludes halogenated alkanes) is 1. The first kappa shape index (κ1) is 20.9. The summed E-state index contributed by atoms with van der Waals surface area (Å²) in [6.07, 6.45) is 6.02. The SMILES string of the molecule is CCCCN(C(=O)CSc1nccn1-c1ccccc1C)C1CCS(=O)(=O)C1. The highest BCUT2D eigenvalue weighted by Gasteiger charge is 2.34. The Morgan fingerprint density at radius 1 is 1.36 bits per heavy atom. The predicted molar refractivity (Wildman–Crippen MR) is 113 cm³/mol. The molecule has 0 aliphatic carbocycles. The third kappa shape index (κ3) is 4.97. The smallest absolute Gasteiger partial charge is 0.233 e. The Labute approximate surface area is 171 Å². The summed E-state index contributed by atoms with van der Waals surface area (Å²) in [6.45, 7) is 4.73. The van der Waals surface area contributed by atoms with Gasteiger partial charge in [0, 0.05) is 25.0 Å². The number of carbonyl (C=O) groups is 1. The zero-order chi connectivity index (χ0) is 20.1. The van der Waals surface area contributed by atoms with Crippen LogP contribution in [0.3, 0.4) is 0 Å².